The summed E-state index contributed by atoms with van der Waals surface area (Å²) in [5.41, 5.74) is 1.01. The first-order valence-electron chi connectivity index (χ1n) is 5.22. The van der Waals surface area contributed by atoms with Gasteiger partial charge in [-0.15, -0.1) is 11.8 Å². The Labute approximate surface area is 113 Å². The van der Waals surface area contributed by atoms with E-state index in [2.05, 4.69) is 15.9 Å². The van der Waals surface area contributed by atoms with E-state index in [1.807, 2.05) is 54.6 Å². The fourth-order valence-corrected chi connectivity index (χ4v) is 3.19. The van der Waals surface area contributed by atoms with E-state index in [4.69, 9.17) is 0 Å². The van der Waals surface area contributed by atoms with E-state index in [1.54, 1.807) is 11.8 Å². The van der Waals surface area contributed by atoms with E-state index in [-0.39, 0.29) is 5.25 Å². The van der Waals surface area contributed by atoms with Gasteiger partial charge >= 0.3 is 0 Å². The van der Waals surface area contributed by atoms with Crippen LogP contribution in [0.3, 0.4) is 0 Å². The van der Waals surface area contributed by atoms with Gasteiger partial charge in [0.05, 0.1) is 5.25 Å². The Morgan fingerprint density at radius 3 is 2.29 bits per heavy atom. The maximum absolute atomic E-state index is 11.2. The van der Waals surface area contributed by atoms with E-state index in [0.29, 0.717) is 0 Å². The highest BCUT2D eigenvalue weighted by molar-refractivity contribution is 9.10. The zero-order valence-electron chi connectivity index (χ0n) is 9.05. The second-order valence-electron chi connectivity index (χ2n) is 3.51. The minimum atomic E-state index is -0.173. The van der Waals surface area contributed by atoms with Gasteiger partial charge in [0.15, 0.2) is 0 Å². The van der Waals surface area contributed by atoms with Crippen molar-refractivity contribution in [3.63, 3.8) is 0 Å². The average molecular weight is 307 g/mol. The van der Waals surface area contributed by atoms with Gasteiger partial charge in [0, 0.05) is 9.37 Å². The molecule has 0 aliphatic rings. The summed E-state index contributed by atoms with van der Waals surface area (Å²) < 4.78 is 0.973. The number of thioether (sulfide) groups is 1. The molecule has 1 unspecified atom stereocenters. The number of carbonyl (C=O) groups is 1. The molecule has 0 fully saturated rings. The van der Waals surface area contributed by atoms with Gasteiger partial charge in [-0.3, -0.25) is 0 Å². The first-order chi connectivity index (χ1) is 8.31. The van der Waals surface area contributed by atoms with Crippen LogP contribution in [0.5, 0.6) is 0 Å². The summed E-state index contributed by atoms with van der Waals surface area (Å²) >= 11 is 5.04. The molecule has 1 atom stereocenters. The van der Waals surface area contributed by atoms with Gasteiger partial charge < -0.3 is 4.79 Å². The molecule has 2 rings (SSSR count). The van der Waals surface area contributed by atoms with E-state index in [9.17, 15) is 4.79 Å². The second kappa shape index (κ2) is 6.03. The molecular formula is C14H11BrOS. The average Bonchev–Trinajstić information content (AvgIpc) is 2.38. The lowest BCUT2D eigenvalue weighted by atomic mass is 10.2. The van der Waals surface area contributed by atoms with Gasteiger partial charge in [-0.2, -0.15) is 0 Å². The van der Waals surface area contributed by atoms with Crippen LogP contribution in [0.1, 0.15) is 10.8 Å². The smallest absolute Gasteiger partial charge is 0.137 e. The highest BCUT2D eigenvalue weighted by Gasteiger charge is 2.14. The minimum Gasteiger partial charge on any atom is -0.302 e. The summed E-state index contributed by atoms with van der Waals surface area (Å²) in [7, 11) is 0. The molecule has 0 radical (unpaired) electrons. The number of hydrogen-bond donors (Lipinski definition) is 0. The first kappa shape index (κ1) is 12.4. The Balaban J connectivity index is 2.24. The topological polar surface area (TPSA) is 17.1 Å². The zero-order chi connectivity index (χ0) is 12.1. The Bertz CT molecular complexity index is 499. The van der Waals surface area contributed by atoms with Gasteiger partial charge in [0.1, 0.15) is 6.29 Å². The van der Waals surface area contributed by atoms with Gasteiger partial charge in [-0.1, -0.05) is 52.3 Å². The fraction of sp³-hybridized carbons (Fsp3) is 0.0714. The van der Waals surface area contributed by atoms with Crippen molar-refractivity contribution in [1.29, 1.82) is 0 Å². The normalized spacial score (nSPS) is 12.1. The zero-order valence-corrected chi connectivity index (χ0v) is 11.4. The van der Waals surface area contributed by atoms with Crippen molar-refractivity contribution in [2.45, 2.75) is 10.1 Å². The second-order valence-corrected chi connectivity index (χ2v) is 5.58. The Hall–Kier alpha value is -1.06. The number of carbonyl (C=O) groups excluding carboxylic acids is 1. The molecule has 0 N–H and O–H groups in total. The molecule has 0 saturated heterocycles. The van der Waals surface area contributed by atoms with Crippen LogP contribution in [0.15, 0.2) is 64.0 Å². The van der Waals surface area contributed by atoms with Crippen molar-refractivity contribution in [2.75, 3.05) is 0 Å². The number of rotatable bonds is 4. The molecule has 17 heavy (non-hydrogen) atoms. The minimum absolute atomic E-state index is 0.173. The van der Waals surface area contributed by atoms with Crippen LogP contribution in [0, 0.1) is 0 Å². The summed E-state index contributed by atoms with van der Waals surface area (Å²) in [5, 5.41) is -0.173. The van der Waals surface area contributed by atoms with Crippen molar-refractivity contribution in [2.24, 2.45) is 0 Å². The van der Waals surface area contributed by atoms with Crippen molar-refractivity contribution < 1.29 is 4.79 Å². The third kappa shape index (κ3) is 3.20. The van der Waals surface area contributed by atoms with Crippen molar-refractivity contribution in [1.82, 2.24) is 0 Å². The summed E-state index contributed by atoms with van der Waals surface area (Å²) in [4.78, 5) is 12.3. The number of halogens is 1. The highest BCUT2D eigenvalue weighted by atomic mass is 79.9. The number of hydrogen-bond acceptors (Lipinski definition) is 2. The molecule has 2 aromatic carbocycles. The molecule has 0 amide bonds. The molecule has 0 heterocycles. The van der Waals surface area contributed by atoms with Crippen LogP contribution in [0.2, 0.25) is 0 Å². The maximum atomic E-state index is 11.2. The van der Waals surface area contributed by atoms with Gasteiger partial charge in [0.2, 0.25) is 0 Å². The molecule has 86 valence electrons. The maximum Gasteiger partial charge on any atom is 0.137 e. The SMILES string of the molecule is O=CC(Sc1ccccc1)c1ccccc1Br. The van der Waals surface area contributed by atoms with Gasteiger partial charge in [0.25, 0.3) is 0 Å². The number of aldehydes is 1. The molecule has 2 aromatic rings. The van der Waals surface area contributed by atoms with Crippen LogP contribution in [-0.4, -0.2) is 6.29 Å². The molecule has 1 nitrogen and oxygen atoms in total. The molecular weight excluding hydrogens is 296 g/mol. The molecule has 0 aliphatic heterocycles. The van der Waals surface area contributed by atoms with Gasteiger partial charge in [-0.25, -0.2) is 0 Å². The summed E-state index contributed by atoms with van der Waals surface area (Å²) in [6.07, 6.45) is 0.984. The van der Waals surface area contributed by atoms with E-state index < -0.39 is 0 Å². The van der Waals surface area contributed by atoms with E-state index in [1.165, 1.54) is 0 Å². The van der Waals surface area contributed by atoms with Crippen LogP contribution < -0.4 is 0 Å². The standard InChI is InChI=1S/C14H11BrOS/c15-13-9-5-4-8-12(13)14(10-16)17-11-6-2-1-3-7-11/h1-10,14H. The summed E-state index contributed by atoms with van der Waals surface area (Å²) in [6.45, 7) is 0. The molecule has 0 saturated carbocycles. The lowest BCUT2D eigenvalue weighted by Crippen LogP contribution is -1.96. The predicted molar refractivity (Wildman–Crippen MR) is 75.2 cm³/mol. The van der Waals surface area contributed by atoms with Crippen LogP contribution in [0.25, 0.3) is 0 Å². The van der Waals surface area contributed by atoms with Crippen LogP contribution in [0.4, 0.5) is 0 Å². The third-order valence-corrected chi connectivity index (χ3v) is 4.23. The van der Waals surface area contributed by atoms with Crippen LogP contribution in [-0.2, 0) is 4.79 Å². The Morgan fingerprint density at radius 1 is 1.00 bits per heavy atom. The van der Waals surface area contributed by atoms with E-state index in [0.717, 1.165) is 21.2 Å². The quantitative estimate of drug-likeness (QED) is 0.612. The molecule has 3 heteroatoms. The molecule has 0 aliphatic carbocycles. The lowest BCUT2D eigenvalue weighted by Gasteiger charge is -2.12. The van der Waals surface area contributed by atoms with E-state index >= 15 is 0 Å². The molecule has 0 spiro atoms. The highest BCUT2D eigenvalue weighted by Crippen LogP contribution is 2.36. The lowest BCUT2D eigenvalue weighted by molar-refractivity contribution is -0.107. The van der Waals surface area contributed by atoms with Crippen LogP contribution >= 0.6 is 27.7 Å². The number of benzene rings is 2. The summed E-state index contributed by atoms with van der Waals surface area (Å²) in [6, 6.07) is 17.8. The predicted octanol–water partition coefficient (Wildman–Crippen LogP) is 4.48. The summed E-state index contributed by atoms with van der Waals surface area (Å²) in [5.74, 6) is 0. The van der Waals surface area contributed by atoms with Crippen molar-refractivity contribution >= 4 is 34.0 Å². The molecule has 0 bridgehead atoms. The van der Waals surface area contributed by atoms with Gasteiger partial charge in [-0.05, 0) is 23.8 Å². The van der Waals surface area contributed by atoms with Crippen molar-refractivity contribution in [3.05, 3.63) is 64.6 Å². The Morgan fingerprint density at radius 2 is 1.65 bits per heavy atom. The largest absolute Gasteiger partial charge is 0.302 e. The monoisotopic (exact) mass is 306 g/mol. The third-order valence-electron chi connectivity index (χ3n) is 2.34. The van der Waals surface area contributed by atoms with Crippen molar-refractivity contribution in [3.8, 4) is 0 Å². The first-order valence-corrected chi connectivity index (χ1v) is 6.90. The fourth-order valence-electron chi connectivity index (χ4n) is 1.52. The Kier molecular flexibility index (Phi) is 4.40. The molecule has 0 aromatic heterocycles.